The number of sulfone groups is 1. The standard InChI is InChI=1S/C17H25FN2O3S/c1-12(11-24(22,23)16-7-5-15(18)6-8-16)17(21)20-9-3-4-14(10-20)13(2)19/h5-8,12-14H,3-4,9-11,19H2,1-2H3/t12-,13+,14+/m1/s1. The van der Waals surface area contributed by atoms with E-state index < -0.39 is 21.6 Å². The van der Waals surface area contributed by atoms with Crippen LogP contribution >= 0.6 is 0 Å². The number of carbonyl (C=O) groups is 1. The van der Waals surface area contributed by atoms with E-state index >= 15 is 0 Å². The van der Waals surface area contributed by atoms with Gasteiger partial charge in [-0.15, -0.1) is 0 Å². The molecule has 0 unspecified atom stereocenters. The van der Waals surface area contributed by atoms with Gasteiger partial charge >= 0.3 is 0 Å². The smallest absolute Gasteiger partial charge is 0.226 e. The minimum absolute atomic E-state index is 0.0128. The molecule has 134 valence electrons. The van der Waals surface area contributed by atoms with Gasteiger partial charge in [0.15, 0.2) is 9.84 Å². The molecule has 0 radical (unpaired) electrons. The third-order valence-corrected chi connectivity index (χ3v) is 6.51. The maximum atomic E-state index is 12.9. The Balaban J connectivity index is 2.04. The van der Waals surface area contributed by atoms with Crippen LogP contribution in [0.15, 0.2) is 29.2 Å². The minimum Gasteiger partial charge on any atom is -0.342 e. The SMILES string of the molecule is C[C@H](CS(=O)(=O)c1ccc(F)cc1)C(=O)N1CCC[C@H]([C@H](C)N)C1. The Morgan fingerprint density at radius 2 is 1.96 bits per heavy atom. The highest BCUT2D eigenvalue weighted by molar-refractivity contribution is 7.91. The summed E-state index contributed by atoms with van der Waals surface area (Å²) in [5.74, 6) is -1.33. The molecule has 5 nitrogen and oxygen atoms in total. The van der Waals surface area contributed by atoms with Crippen LogP contribution in [0.5, 0.6) is 0 Å². The second kappa shape index (κ2) is 7.61. The molecule has 0 saturated carbocycles. The molecule has 0 aromatic heterocycles. The number of carbonyl (C=O) groups excluding carboxylic acids is 1. The van der Waals surface area contributed by atoms with Crippen molar-refractivity contribution in [2.24, 2.45) is 17.6 Å². The van der Waals surface area contributed by atoms with E-state index in [2.05, 4.69) is 0 Å². The molecule has 1 aromatic rings. The van der Waals surface area contributed by atoms with Crippen molar-refractivity contribution in [1.82, 2.24) is 4.90 Å². The molecule has 1 heterocycles. The topological polar surface area (TPSA) is 80.5 Å². The largest absolute Gasteiger partial charge is 0.342 e. The van der Waals surface area contributed by atoms with Crippen LogP contribution in [0, 0.1) is 17.7 Å². The zero-order chi connectivity index (χ0) is 17.9. The van der Waals surface area contributed by atoms with Crippen molar-refractivity contribution in [2.75, 3.05) is 18.8 Å². The van der Waals surface area contributed by atoms with Gasteiger partial charge in [0.1, 0.15) is 5.82 Å². The number of rotatable bonds is 5. The van der Waals surface area contributed by atoms with Crippen LogP contribution in [-0.2, 0) is 14.6 Å². The number of piperidine rings is 1. The molecule has 1 aliphatic rings. The van der Waals surface area contributed by atoms with E-state index in [0.717, 1.165) is 25.0 Å². The quantitative estimate of drug-likeness (QED) is 0.816. The summed E-state index contributed by atoms with van der Waals surface area (Å²) < 4.78 is 37.7. The van der Waals surface area contributed by atoms with Crippen LogP contribution in [0.1, 0.15) is 26.7 Å². The lowest BCUT2D eigenvalue weighted by Gasteiger charge is -2.36. The van der Waals surface area contributed by atoms with Crippen LogP contribution in [0.25, 0.3) is 0 Å². The lowest BCUT2D eigenvalue weighted by molar-refractivity contribution is -0.136. The van der Waals surface area contributed by atoms with Gasteiger partial charge in [-0.25, -0.2) is 12.8 Å². The molecule has 2 rings (SSSR count). The number of nitrogens with zero attached hydrogens (tertiary/aromatic N) is 1. The van der Waals surface area contributed by atoms with E-state index in [4.69, 9.17) is 5.73 Å². The zero-order valence-electron chi connectivity index (χ0n) is 14.1. The Morgan fingerprint density at radius 3 is 2.54 bits per heavy atom. The van der Waals surface area contributed by atoms with Crippen molar-refractivity contribution in [3.05, 3.63) is 30.1 Å². The molecule has 7 heteroatoms. The number of nitrogens with two attached hydrogens (primary N) is 1. The molecule has 24 heavy (non-hydrogen) atoms. The summed E-state index contributed by atoms with van der Waals surface area (Å²) >= 11 is 0. The summed E-state index contributed by atoms with van der Waals surface area (Å²) in [5, 5.41) is 0. The minimum atomic E-state index is -3.63. The van der Waals surface area contributed by atoms with Crippen molar-refractivity contribution < 1.29 is 17.6 Å². The Bertz CT molecular complexity index is 674. The van der Waals surface area contributed by atoms with Gasteiger partial charge in [-0.3, -0.25) is 4.79 Å². The molecule has 0 bridgehead atoms. The number of halogens is 1. The molecule has 1 fully saturated rings. The summed E-state index contributed by atoms with van der Waals surface area (Å²) in [7, 11) is -3.63. The number of hydrogen-bond acceptors (Lipinski definition) is 4. The van der Waals surface area contributed by atoms with Crippen LogP contribution < -0.4 is 5.73 Å². The van der Waals surface area contributed by atoms with Crippen molar-refractivity contribution in [3.63, 3.8) is 0 Å². The van der Waals surface area contributed by atoms with Gasteiger partial charge < -0.3 is 10.6 Å². The second-order valence-corrected chi connectivity index (χ2v) is 8.72. The average Bonchev–Trinajstić information content (AvgIpc) is 2.54. The molecular formula is C17H25FN2O3S. The van der Waals surface area contributed by atoms with E-state index in [9.17, 15) is 17.6 Å². The maximum absolute atomic E-state index is 12.9. The van der Waals surface area contributed by atoms with Crippen LogP contribution in [-0.4, -0.2) is 44.1 Å². The molecule has 2 N–H and O–H groups in total. The molecule has 1 amide bonds. The molecule has 3 atom stereocenters. The monoisotopic (exact) mass is 356 g/mol. The first-order chi connectivity index (χ1) is 11.2. The third kappa shape index (κ3) is 4.54. The van der Waals surface area contributed by atoms with Crippen molar-refractivity contribution in [1.29, 1.82) is 0 Å². The van der Waals surface area contributed by atoms with Crippen LogP contribution in [0.4, 0.5) is 4.39 Å². The van der Waals surface area contributed by atoms with Gasteiger partial charge in [-0.05, 0) is 49.9 Å². The fraction of sp³-hybridized carbons (Fsp3) is 0.588. The van der Waals surface area contributed by atoms with Gasteiger partial charge in [-0.2, -0.15) is 0 Å². The first kappa shape index (κ1) is 18.9. The molecule has 0 aliphatic carbocycles. The third-order valence-electron chi connectivity index (χ3n) is 4.58. The van der Waals surface area contributed by atoms with Gasteiger partial charge in [-0.1, -0.05) is 6.92 Å². The fourth-order valence-corrected chi connectivity index (χ4v) is 4.63. The fourth-order valence-electron chi connectivity index (χ4n) is 3.09. The first-order valence-electron chi connectivity index (χ1n) is 8.23. The summed E-state index contributed by atoms with van der Waals surface area (Å²) in [4.78, 5) is 14.4. The predicted molar refractivity (Wildman–Crippen MR) is 90.6 cm³/mol. The summed E-state index contributed by atoms with van der Waals surface area (Å²) in [5.41, 5.74) is 5.93. The van der Waals surface area contributed by atoms with Gasteiger partial charge in [0.05, 0.1) is 10.6 Å². The molecule has 1 saturated heterocycles. The zero-order valence-corrected chi connectivity index (χ0v) is 14.9. The van der Waals surface area contributed by atoms with Crippen LogP contribution in [0.2, 0.25) is 0 Å². The maximum Gasteiger partial charge on any atom is 0.226 e. The van der Waals surface area contributed by atoms with Crippen LogP contribution in [0.3, 0.4) is 0 Å². The highest BCUT2D eigenvalue weighted by atomic mass is 32.2. The Morgan fingerprint density at radius 1 is 1.33 bits per heavy atom. The molecule has 1 aromatic carbocycles. The van der Waals surface area contributed by atoms with E-state index in [-0.39, 0.29) is 28.5 Å². The first-order valence-corrected chi connectivity index (χ1v) is 9.88. The average molecular weight is 356 g/mol. The number of likely N-dealkylation sites (tertiary alicyclic amines) is 1. The molecule has 0 spiro atoms. The Labute approximate surface area is 142 Å². The second-order valence-electron chi connectivity index (χ2n) is 6.68. The summed E-state index contributed by atoms with van der Waals surface area (Å²) in [6, 6.07) is 4.69. The highest BCUT2D eigenvalue weighted by Crippen LogP contribution is 2.22. The summed E-state index contributed by atoms with van der Waals surface area (Å²) in [6.07, 6.45) is 1.87. The highest BCUT2D eigenvalue weighted by Gasteiger charge is 2.31. The normalized spacial score (nSPS) is 21.3. The van der Waals surface area contributed by atoms with Gasteiger partial charge in [0.25, 0.3) is 0 Å². The summed E-state index contributed by atoms with van der Waals surface area (Å²) in [6.45, 7) is 4.78. The Hall–Kier alpha value is -1.47. The van der Waals surface area contributed by atoms with E-state index in [0.29, 0.717) is 13.1 Å². The lowest BCUT2D eigenvalue weighted by Crippen LogP contribution is -2.47. The van der Waals surface area contributed by atoms with E-state index in [1.807, 2.05) is 6.92 Å². The number of benzene rings is 1. The van der Waals surface area contributed by atoms with E-state index in [1.54, 1.807) is 11.8 Å². The number of amides is 1. The number of hydrogen-bond donors (Lipinski definition) is 1. The molecule has 1 aliphatic heterocycles. The lowest BCUT2D eigenvalue weighted by atomic mass is 9.91. The Kier molecular flexibility index (Phi) is 5.98. The van der Waals surface area contributed by atoms with Gasteiger partial charge in [0.2, 0.25) is 5.91 Å². The van der Waals surface area contributed by atoms with Crippen molar-refractivity contribution in [2.45, 2.75) is 37.6 Å². The molecular weight excluding hydrogens is 331 g/mol. The van der Waals surface area contributed by atoms with Gasteiger partial charge in [0, 0.05) is 25.0 Å². The van der Waals surface area contributed by atoms with Crippen molar-refractivity contribution >= 4 is 15.7 Å². The van der Waals surface area contributed by atoms with E-state index in [1.165, 1.54) is 12.1 Å². The van der Waals surface area contributed by atoms with Crippen molar-refractivity contribution in [3.8, 4) is 0 Å². The predicted octanol–water partition coefficient (Wildman–Crippen LogP) is 1.82.